The maximum Gasteiger partial charge on any atom is 0.246 e. The Bertz CT molecular complexity index is 492. The molecule has 4 N–H and O–H groups in total. The van der Waals surface area contributed by atoms with E-state index in [-0.39, 0.29) is 36.1 Å². The summed E-state index contributed by atoms with van der Waals surface area (Å²) in [6.45, 7) is 7.78. The van der Waals surface area contributed by atoms with Gasteiger partial charge in [-0.05, 0) is 30.4 Å². The molecule has 0 heterocycles. The highest BCUT2D eigenvalue weighted by atomic mass is 35.5. The minimum absolute atomic E-state index is 0. The van der Waals surface area contributed by atoms with Crippen LogP contribution in [0, 0.1) is 11.8 Å². The first-order valence-corrected chi connectivity index (χ1v) is 7.73. The average Bonchev–Trinajstić information content (AvgIpc) is 2.46. The normalized spacial score (nSPS) is 13.2. The molecule has 2 amide bonds. The van der Waals surface area contributed by atoms with Gasteiger partial charge in [-0.3, -0.25) is 9.59 Å². The maximum absolute atomic E-state index is 12.4. The highest BCUT2D eigenvalue weighted by Crippen LogP contribution is 2.11. The monoisotopic (exact) mass is 347 g/mol. The number of carbonyl (C=O) groups is 2. The summed E-state index contributed by atoms with van der Waals surface area (Å²) in [6.07, 6.45) is 0.565. The number of hydrogen-bond donors (Lipinski definition) is 3. The number of nitrogens with one attached hydrogen (secondary N) is 2. The molecule has 0 saturated heterocycles. The molecule has 2 atom stereocenters. The van der Waals surface area contributed by atoms with Crippen LogP contribution in [0.4, 0.5) is 5.69 Å². The van der Waals surface area contributed by atoms with E-state index in [0.29, 0.717) is 12.1 Å². The van der Waals surface area contributed by atoms with E-state index in [1.54, 1.807) is 0 Å². The summed E-state index contributed by atoms with van der Waals surface area (Å²) in [5.74, 6) is -0.202. The van der Waals surface area contributed by atoms with E-state index in [9.17, 15) is 9.59 Å². The molecular formula is C17H28ClN3O2. The minimum atomic E-state index is -0.612. The van der Waals surface area contributed by atoms with Crippen LogP contribution in [-0.4, -0.2) is 23.9 Å². The van der Waals surface area contributed by atoms with Gasteiger partial charge in [0.25, 0.3) is 0 Å². The second kappa shape index (κ2) is 10.2. The Morgan fingerprint density at radius 3 is 2.09 bits per heavy atom. The number of para-hydroxylation sites is 1. The summed E-state index contributed by atoms with van der Waals surface area (Å²) in [5.41, 5.74) is 6.56. The van der Waals surface area contributed by atoms with Crippen LogP contribution in [0.25, 0.3) is 0 Å². The Labute approximate surface area is 144 Å². The van der Waals surface area contributed by atoms with Gasteiger partial charge in [0.05, 0.1) is 6.04 Å². The Balaban J connectivity index is 0.00000484. The number of rotatable bonds is 7. The molecule has 0 aromatic heterocycles. The molecule has 0 aliphatic heterocycles. The molecule has 0 saturated carbocycles. The number of amides is 2. The van der Waals surface area contributed by atoms with Gasteiger partial charge >= 0.3 is 0 Å². The quantitative estimate of drug-likeness (QED) is 0.523. The Morgan fingerprint density at radius 1 is 1.04 bits per heavy atom. The highest BCUT2D eigenvalue weighted by molar-refractivity contribution is 5.97. The topological polar surface area (TPSA) is 84.2 Å². The van der Waals surface area contributed by atoms with Crippen molar-refractivity contribution in [1.82, 2.24) is 5.32 Å². The molecule has 6 heteroatoms. The van der Waals surface area contributed by atoms with Crippen LogP contribution >= 0.6 is 12.4 Å². The van der Waals surface area contributed by atoms with Crippen molar-refractivity contribution in [2.75, 3.05) is 5.32 Å². The number of carbonyl (C=O) groups excluding carboxylic acids is 2. The lowest BCUT2D eigenvalue weighted by atomic mass is 10.0. The number of benzene rings is 1. The summed E-state index contributed by atoms with van der Waals surface area (Å²) < 4.78 is 0. The third-order valence-electron chi connectivity index (χ3n) is 3.40. The van der Waals surface area contributed by atoms with Gasteiger partial charge in [-0.15, -0.1) is 12.4 Å². The molecule has 0 unspecified atom stereocenters. The van der Waals surface area contributed by atoms with Crippen molar-refractivity contribution in [3.63, 3.8) is 0 Å². The first-order chi connectivity index (χ1) is 10.3. The van der Waals surface area contributed by atoms with Gasteiger partial charge in [0.2, 0.25) is 11.8 Å². The van der Waals surface area contributed by atoms with Crippen molar-refractivity contribution in [2.45, 2.75) is 46.2 Å². The third kappa shape index (κ3) is 7.48. The molecule has 0 spiro atoms. The molecule has 5 nitrogen and oxygen atoms in total. The fourth-order valence-electron chi connectivity index (χ4n) is 2.02. The van der Waals surface area contributed by atoms with Gasteiger partial charge in [-0.1, -0.05) is 45.9 Å². The number of hydrogen-bond acceptors (Lipinski definition) is 3. The standard InChI is InChI=1S/C17H27N3O2.ClH/c1-11(2)10-14(20-17(22)15(18)12(3)4)16(21)19-13-8-6-5-7-9-13;/h5-9,11-12,14-15H,10,18H2,1-4H3,(H,19,21)(H,20,22);1H/t14-,15-;/m0./s1/i3+1,4+1,12+1,15+1,17+1,18+1;. The van der Waals surface area contributed by atoms with Crippen LogP contribution in [0.1, 0.15) is 34.1 Å². The van der Waals surface area contributed by atoms with Gasteiger partial charge in [0, 0.05) is 5.69 Å². The summed E-state index contributed by atoms with van der Waals surface area (Å²) in [4.78, 5) is 24.5. The lowest BCUT2D eigenvalue weighted by molar-refractivity contribution is -0.128. The van der Waals surface area contributed by atoms with Gasteiger partial charge in [-0.25, -0.2) is 0 Å². The van der Waals surface area contributed by atoms with Gasteiger partial charge in [0.15, 0.2) is 0 Å². The zero-order valence-electron chi connectivity index (χ0n) is 14.2. The van der Waals surface area contributed by atoms with E-state index in [1.807, 2.05) is 58.0 Å². The van der Waals surface area contributed by atoms with E-state index in [2.05, 4.69) is 10.6 Å². The van der Waals surface area contributed by atoms with Crippen molar-refractivity contribution >= 4 is 29.9 Å². The minimum Gasteiger partial charge on any atom is -0.343 e. The van der Waals surface area contributed by atoms with Gasteiger partial charge in [-0.2, -0.15) is 0 Å². The maximum atomic E-state index is 12.4. The van der Waals surface area contributed by atoms with E-state index >= 15 is 0 Å². The molecule has 0 bridgehead atoms. The molecule has 0 radical (unpaired) electrons. The van der Waals surface area contributed by atoms with Crippen molar-refractivity contribution in [3.05, 3.63) is 30.3 Å². The number of anilines is 1. The average molecular weight is 348 g/mol. The molecule has 1 aromatic carbocycles. The Hall–Kier alpha value is -1.59. The lowest BCUT2D eigenvalue weighted by Crippen LogP contribution is -2.52. The van der Waals surface area contributed by atoms with Crippen molar-refractivity contribution < 1.29 is 9.59 Å². The lowest BCUT2D eigenvalue weighted by Gasteiger charge is -2.23. The fraction of sp³-hybridized carbons (Fsp3) is 0.529. The smallest absolute Gasteiger partial charge is 0.246 e. The molecule has 0 aliphatic carbocycles. The van der Waals surface area contributed by atoms with Crippen LogP contribution in [0.5, 0.6) is 0 Å². The molecule has 1 rings (SSSR count). The molecule has 0 fully saturated rings. The zero-order valence-corrected chi connectivity index (χ0v) is 15.0. The van der Waals surface area contributed by atoms with Crippen LogP contribution in [-0.2, 0) is 9.59 Å². The van der Waals surface area contributed by atoms with Crippen LogP contribution in [0.15, 0.2) is 30.3 Å². The summed E-state index contributed by atoms with van der Waals surface area (Å²) in [5, 5.41) is 5.60. The molecule has 0 aliphatic rings. The SMILES string of the molecule is CC(C)C[C@H](N[13C](=O)[13C@@H]([15NH2])[13CH]([13CH3])[13CH3])C(=O)Nc1ccccc1.Cl. The van der Waals surface area contributed by atoms with Crippen molar-refractivity contribution in [3.8, 4) is 0 Å². The zero-order chi connectivity index (χ0) is 16.7. The van der Waals surface area contributed by atoms with Crippen LogP contribution in [0.3, 0.4) is 0 Å². The highest BCUT2D eigenvalue weighted by Gasteiger charge is 2.25. The van der Waals surface area contributed by atoms with E-state index in [0.717, 1.165) is 0 Å². The van der Waals surface area contributed by atoms with Crippen molar-refractivity contribution in [2.24, 2.45) is 17.6 Å². The summed E-state index contributed by atoms with van der Waals surface area (Å²) in [7, 11) is 0. The van der Waals surface area contributed by atoms with Gasteiger partial charge in [0.1, 0.15) is 6.04 Å². The first kappa shape index (κ1) is 21.4. The second-order valence-corrected chi connectivity index (χ2v) is 6.32. The van der Waals surface area contributed by atoms with E-state index < -0.39 is 12.1 Å². The summed E-state index contributed by atoms with van der Waals surface area (Å²) >= 11 is 0. The molecule has 23 heavy (non-hydrogen) atoms. The predicted molar refractivity (Wildman–Crippen MR) is 96.5 cm³/mol. The van der Waals surface area contributed by atoms with Gasteiger partial charge < -0.3 is 16.4 Å². The molecule has 1 aromatic rings. The third-order valence-corrected chi connectivity index (χ3v) is 3.40. The number of nitrogens with two attached hydrogens (primary N) is 1. The van der Waals surface area contributed by atoms with E-state index in [4.69, 9.17) is 5.73 Å². The second-order valence-electron chi connectivity index (χ2n) is 6.32. The largest absolute Gasteiger partial charge is 0.343 e. The van der Waals surface area contributed by atoms with E-state index in [1.165, 1.54) is 0 Å². The Morgan fingerprint density at radius 2 is 1.61 bits per heavy atom. The first-order valence-electron chi connectivity index (χ1n) is 7.73. The van der Waals surface area contributed by atoms with Crippen LogP contribution in [0.2, 0.25) is 0 Å². The predicted octanol–water partition coefficient (Wildman–Crippen LogP) is 2.56. The Kier molecular flexibility index (Phi) is 9.53. The fourth-order valence-corrected chi connectivity index (χ4v) is 2.02. The number of halogens is 1. The summed E-state index contributed by atoms with van der Waals surface area (Å²) in [6, 6.07) is 8.00. The molecule has 130 valence electrons. The van der Waals surface area contributed by atoms with Crippen LogP contribution < -0.4 is 16.4 Å². The molecular weight excluding hydrogens is 320 g/mol. The van der Waals surface area contributed by atoms with Crippen molar-refractivity contribution in [1.29, 1.82) is 0 Å².